The molecule has 13 heteroatoms. The Morgan fingerprint density at radius 2 is 1.81 bits per heavy atom. The average molecular weight is 626 g/mol. The number of imidazole rings is 1. The van der Waals surface area contributed by atoms with Crippen LogP contribution in [-0.4, -0.2) is 46.8 Å². The van der Waals surface area contributed by atoms with Gasteiger partial charge < -0.3 is 4.90 Å². The number of carbonyl (C=O) groups is 1. The van der Waals surface area contributed by atoms with Crippen LogP contribution in [-0.2, 0) is 27.2 Å². The van der Waals surface area contributed by atoms with E-state index in [1.807, 2.05) is 0 Å². The molecule has 0 spiro atoms. The van der Waals surface area contributed by atoms with Gasteiger partial charge in [0.05, 0.1) is 29.5 Å². The minimum atomic E-state index is -5.00. The molecule has 1 saturated carbocycles. The van der Waals surface area contributed by atoms with Crippen molar-refractivity contribution in [3.05, 3.63) is 82.2 Å². The third kappa shape index (κ3) is 7.24. The molecule has 1 amide bonds. The predicted molar refractivity (Wildman–Crippen MR) is 148 cm³/mol. The summed E-state index contributed by atoms with van der Waals surface area (Å²) in [7, 11) is -3.62. The Hall–Kier alpha value is -3.79. The number of terminal acetylenes is 1. The summed E-state index contributed by atoms with van der Waals surface area (Å²) in [6.45, 7) is 2.53. The molecule has 0 bridgehead atoms. The van der Waals surface area contributed by atoms with Crippen LogP contribution in [0, 0.1) is 18.2 Å². The number of carbonyl (C=O) groups excluding carboxylic acids is 1. The number of amides is 1. The molecule has 0 N–H and O–H groups in total. The Kier molecular flexibility index (Phi) is 9.30. The molecule has 0 aliphatic heterocycles. The van der Waals surface area contributed by atoms with E-state index in [4.69, 9.17) is 6.42 Å². The largest absolute Gasteiger partial charge is 0.419 e. The Morgan fingerprint density at radius 3 is 2.35 bits per heavy atom. The van der Waals surface area contributed by atoms with Crippen LogP contribution >= 0.6 is 0 Å². The van der Waals surface area contributed by atoms with Crippen LogP contribution in [0.2, 0.25) is 0 Å². The highest BCUT2D eigenvalue weighted by molar-refractivity contribution is 7.91. The van der Waals surface area contributed by atoms with Crippen LogP contribution in [0.4, 0.5) is 26.3 Å². The lowest BCUT2D eigenvalue weighted by Gasteiger charge is -2.30. The Labute approximate surface area is 245 Å². The van der Waals surface area contributed by atoms with Gasteiger partial charge in [-0.2, -0.15) is 13.2 Å². The lowest BCUT2D eigenvalue weighted by molar-refractivity contribution is -0.140. The molecule has 230 valence electrons. The number of sulfone groups is 1. The smallest absolute Gasteiger partial charge is 0.331 e. The maximum absolute atomic E-state index is 14.6. The zero-order chi connectivity index (χ0) is 31.7. The van der Waals surface area contributed by atoms with Gasteiger partial charge in [-0.1, -0.05) is 18.9 Å². The first-order valence-corrected chi connectivity index (χ1v) is 15.3. The third-order valence-corrected chi connectivity index (χ3v) is 9.05. The second-order valence-corrected chi connectivity index (χ2v) is 12.8. The molecule has 2 aromatic carbocycles. The molecule has 0 radical (unpaired) electrons. The molecule has 0 saturated heterocycles. The first-order valence-electron chi connectivity index (χ1n) is 13.5. The number of halogens is 6. The van der Waals surface area contributed by atoms with Gasteiger partial charge in [0, 0.05) is 29.5 Å². The topological polar surface area (TPSA) is 72.3 Å². The van der Waals surface area contributed by atoms with E-state index in [9.17, 15) is 39.6 Å². The molecule has 1 aromatic heterocycles. The molecular formula is C30H29F6N3O3S. The number of hydrogen-bond acceptors (Lipinski definition) is 4. The van der Waals surface area contributed by atoms with Crippen LogP contribution < -0.4 is 0 Å². The van der Waals surface area contributed by atoms with Gasteiger partial charge in [-0.05, 0) is 61.7 Å². The van der Waals surface area contributed by atoms with Gasteiger partial charge in [0.2, 0.25) is 5.91 Å². The van der Waals surface area contributed by atoms with Crippen molar-refractivity contribution in [1.29, 1.82) is 0 Å². The second-order valence-electron chi connectivity index (χ2n) is 10.3. The zero-order valence-electron chi connectivity index (χ0n) is 23.3. The molecule has 6 nitrogen and oxygen atoms in total. The number of aromatic nitrogens is 2. The monoisotopic (exact) mass is 625 g/mol. The normalized spacial score (nSPS) is 14.5. The molecule has 1 aliphatic carbocycles. The highest BCUT2D eigenvalue weighted by Crippen LogP contribution is 2.45. The summed E-state index contributed by atoms with van der Waals surface area (Å²) in [5.41, 5.74) is -1.11. The molecule has 1 fully saturated rings. The summed E-state index contributed by atoms with van der Waals surface area (Å²) in [6, 6.07) is 7.23. The summed E-state index contributed by atoms with van der Waals surface area (Å²) in [6.07, 6.45) is -1.85. The highest BCUT2D eigenvalue weighted by atomic mass is 32.2. The molecule has 43 heavy (non-hydrogen) atoms. The van der Waals surface area contributed by atoms with Gasteiger partial charge in [-0.25, -0.2) is 26.6 Å². The average Bonchev–Trinajstić information content (AvgIpc) is 3.72. The SMILES string of the molecule is C#Cc1ccc(-n2c([C@@H](C)N(CCS(=O)(=O)CC)C(=O)Cc3ccc(F)c(C(F)(F)F)c3)nc(C3CC3)c2C(F)F)cc1. The van der Waals surface area contributed by atoms with Crippen molar-refractivity contribution in [2.24, 2.45) is 0 Å². The third-order valence-electron chi connectivity index (χ3n) is 7.37. The zero-order valence-corrected chi connectivity index (χ0v) is 24.2. The molecule has 1 aliphatic rings. The van der Waals surface area contributed by atoms with Crippen molar-refractivity contribution in [2.75, 3.05) is 18.1 Å². The van der Waals surface area contributed by atoms with Crippen molar-refractivity contribution in [3.63, 3.8) is 0 Å². The fourth-order valence-corrected chi connectivity index (χ4v) is 5.59. The van der Waals surface area contributed by atoms with Crippen LogP contribution in [0.15, 0.2) is 42.5 Å². The number of alkyl halides is 5. The Morgan fingerprint density at radius 1 is 1.16 bits per heavy atom. The maximum atomic E-state index is 14.6. The molecular weight excluding hydrogens is 596 g/mol. The van der Waals surface area contributed by atoms with Gasteiger partial charge in [-0.3, -0.25) is 9.36 Å². The van der Waals surface area contributed by atoms with E-state index in [1.165, 1.54) is 30.5 Å². The summed E-state index contributed by atoms with van der Waals surface area (Å²) >= 11 is 0. The predicted octanol–water partition coefficient (Wildman–Crippen LogP) is 6.39. The van der Waals surface area contributed by atoms with Gasteiger partial charge in [-0.15, -0.1) is 6.42 Å². The van der Waals surface area contributed by atoms with E-state index < -0.39 is 57.9 Å². The van der Waals surface area contributed by atoms with Crippen LogP contribution in [0.5, 0.6) is 0 Å². The maximum Gasteiger partial charge on any atom is 0.419 e. The summed E-state index contributed by atoms with van der Waals surface area (Å²) in [5, 5.41) is 0. The fraction of sp³-hybridized carbons (Fsp3) is 0.400. The van der Waals surface area contributed by atoms with E-state index in [0.29, 0.717) is 30.5 Å². The highest BCUT2D eigenvalue weighted by Gasteiger charge is 2.38. The van der Waals surface area contributed by atoms with E-state index in [2.05, 4.69) is 10.9 Å². The van der Waals surface area contributed by atoms with Crippen LogP contribution in [0.1, 0.15) is 79.0 Å². The van der Waals surface area contributed by atoms with Gasteiger partial charge in [0.25, 0.3) is 6.43 Å². The minimum Gasteiger partial charge on any atom is -0.331 e. The van der Waals surface area contributed by atoms with Crippen LogP contribution in [0.25, 0.3) is 5.69 Å². The van der Waals surface area contributed by atoms with E-state index in [1.54, 1.807) is 12.1 Å². The fourth-order valence-electron chi connectivity index (χ4n) is 4.82. The Bertz CT molecular complexity index is 1640. The lowest BCUT2D eigenvalue weighted by Crippen LogP contribution is -2.39. The summed E-state index contributed by atoms with van der Waals surface area (Å²) < 4.78 is 109. The van der Waals surface area contributed by atoms with Gasteiger partial charge in [0.15, 0.2) is 9.84 Å². The molecule has 3 aromatic rings. The second kappa shape index (κ2) is 12.4. The molecule has 4 rings (SSSR count). The number of nitrogens with zero attached hydrogens (tertiary/aromatic N) is 3. The minimum absolute atomic E-state index is 0.0305. The van der Waals surface area contributed by atoms with Crippen molar-refractivity contribution in [1.82, 2.24) is 14.5 Å². The molecule has 0 unspecified atom stereocenters. The number of rotatable bonds is 11. The lowest BCUT2D eigenvalue weighted by atomic mass is 10.1. The molecule has 1 heterocycles. The van der Waals surface area contributed by atoms with Crippen molar-refractivity contribution in [2.45, 2.75) is 57.7 Å². The first-order chi connectivity index (χ1) is 20.2. The standard InChI is InChI=1S/C30H29F6N3O3S/c1-4-19-6-11-22(12-7-19)39-27(28(32)33)26(21-9-10-21)37-29(39)18(3)38(14-15-43(41,42)5-2)25(40)17-20-8-13-24(31)23(16-20)30(34,35)36/h1,6-8,11-13,16,18,21,28H,5,9-10,14-15,17H2,2-3H3/t18-/m1/s1. The van der Waals surface area contributed by atoms with E-state index in [-0.39, 0.29) is 46.7 Å². The van der Waals surface area contributed by atoms with Crippen LogP contribution in [0.3, 0.4) is 0 Å². The van der Waals surface area contributed by atoms with Crippen molar-refractivity contribution < 1.29 is 39.6 Å². The first kappa shape index (κ1) is 32.1. The van der Waals surface area contributed by atoms with E-state index >= 15 is 0 Å². The number of hydrogen-bond donors (Lipinski definition) is 0. The quantitative estimate of drug-likeness (QED) is 0.183. The Balaban J connectivity index is 1.80. The number of benzene rings is 2. The van der Waals surface area contributed by atoms with Crippen molar-refractivity contribution >= 4 is 15.7 Å². The molecule has 1 atom stereocenters. The van der Waals surface area contributed by atoms with E-state index in [0.717, 1.165) is 11.0 Å². The summed E-state index contributed by atoms with van der Waals surface area (Å²) in [4.78, 5) is 19.3. The van der Waals surface area contributed by atoms with Gasteiger partial charge in [0.1, 0.15) is 17.3 Å². The van der Waals surface area contributed by atoms with Gasteiger partial charge >= 0.3 is 6.18 Å². The summed E-state index contributed by atoms with van der Waals surface area (Å²) in [5.74, 6) is -0.745. The van der Waals surface area contributed by atoms with Crippen molar-refractivity contribution in [3.8, 4) is 18.0 Å².